The second-order valence-corrected chi connectivity index (χ2v) is 9.23. The van der Waals surface area contributed by atoms with Crippen molar-refractivity contribution in [2.45, 2.75) is 51.3 Å². The van der Waals surface area contributed by atoms with E-state index in [9.17, 15) is 0 Å². The van der Waals surface area contributed by atoms with Crippen molar-refractivity contribution < 1.29 is 18.9 Å². The van der Waals surface area contributed by atoms with Crippen LogP contribution >= 0.6 is 0 Å². The predicted molar refractivity (Wildman–Crippen MR) is 141 cm³/mol. The number of rotatable bonds is 10. The van der Waals surface area contributed by atoms with Crippen LogP contribution in [0.3, 0.4) is 0 Å². The van der Waals surface area contributed by atoms with Crippen LogP contribution in [0.2, 0.25) is 0 Å². The molecule has 0 spiro atoms. The fourth-order valence-electron chi connectivity index (χ4n) is 4.82. The molecule has 0 aromatic heterocycles. The molecular formula is C30H34N2O4. The number of unbranched alkanes of at least 4 members (excludes halogenated alkanes) is 3. The first-order valence-corrected chi connectivity index (χ1v) is 12.8. The maximum absolute atomic E-state index is 6.52. The van der Waals surface area contributed by atoms with E-state index in [1.165, 1.54) is 19.3 Å². The Hall–Kier alpha value is -3.67. The van der Waals surface area contributed by atoms with Crippen LogP contribution in [0.15, 0.2) is 71.8 Å². The fourth-order valence-corrected chi connectivity index (χ4v) is 4.82. The van der Waals surface area contributed by atoms with Crippen molar-refractivity contribution >= 4 is 5.71 Å². The number of hydrazone groups is 1. The van der Waals surface area contributed by atoms with E-state index in [1.54, 1.807) is 14.2 Å². The highest BCUT2D eigenvalue weighted by atomic mass is 16.5. The van der Waals surface area contributed by atoms with Crippen LogP contribution in [0.25, 0.3) is 0 Å². The van der Waals surface area contributed by atoms with Gasteiger partial charge in [-0.2, -0.15) is 5.10 Å². The quantitative estimate of drug-likeness (QED) is 0.292. The van der Waals surface area contributed by atoms with E-state index in [4.69, 9.17) is 24.0 Å². The average molecular weight is 487 g/mol. The number of nitrogens with zero attached hydrogens (tertiary/aromatic N) is 2. The van der Waals surface area contributed by atoms with Gasteiger partial charge in [-0.1, -0.05) is 26.2 Å². The Morgan fingerprint density at radius 2 is 1.58 bits per heavy atom. The molecule has 0 aliphatic carbocycles. The Morgan fingerprint density at radius 1 is 0.861 bits per heavy atom. The molecule has 0 N–H and O–H groups in total. The number of benzene rings is 3. The van der Waals surface area contributed by atoms with Gasteiger partial charge in [-0.25, -0.2) is 5.01 Å². The monoisotopic (exact) mass is 486 g/mol. The molecule has 0 saturated heterocycles. The standard InChI is InChI=1S/C30H34N2O4/c1-4-5-6-7-18-35-24-14-10-22(11-15-24)30-32-28(26-19-25(34-3)16-17-29(26)36-30)20-27(31-32)21-8-12-23(33-2)13-9-21/h8-17,19,28,30H,4-7,18,20H2,1-3H3. The average Bonchev–Trinajstić information content (AvgIpc) is 3.38. The van der Waals surface area contributed by atoms with Crippen LogP contribution in [0.5, 0.6) is 23.0 Å². The van der Waals surface area contributed by atoms with Gasteiger partial charge < -0.3 is 18.9 Å². The zero-order valence-electron chi connectivity index (χ0n) is 21.3. The molecule has 0 fully saturated rings. The summed E-state index contributed by atoms with van der Waals surface area (Å²) in [5, 5.41) is 7.15. The maximum Gasteiger partial charge on any atom is 0.213 e. The van der Waals surface area contributed by atoms with E-state index in [-0.39, 0.29) is 12.3 Å². The van der Waals surface area contributed by atoms with Crippen LogP contribution in [0.4, 0.5) is 0 Å². The van der Waals surface area contributed by atoms with Gasteiger partial charge >= 0.3 is 0 Å². The van der Waals surface area contributed by atoms with Gasteiger partial charge in [0.2, 0.25) is 6.23 Å². The molecule has 6 nitrogen and oxygen atoms in total. The zero-order chi connectivity index (χ0) is 24.9. The zero-order valence-corrected chi connectivity index (χ0v) is 21.3. The number of hydrogen-bond acceptors (Lipinski definition) is 6. The van der Waals surface area contributed by atoms with Crippen LogP contribution < -0.4 is 18.9 Å². The van der Waals surface area contributed by atoms with Crippen LogP contribution in [0, 0.1) is 0 Å². The largest absolute Gasteiger partial charge is 0.497 e. The lowest BCUT2D eigenvalue weighted by Crippen LogP contribution is -2.33. The third-order valence-corrected chi connectivity index (χ3v) is 6.85. The fraction of sp³-hybridized carbons (Fsp3) is 0.367. The lowest BCUT2D eigenvalue weighted by Gasteiger charge is -2.38. The molecule has 36 heavy (non-hydrogen) atoms. The first-order valence-electron chi connectivity index (χ1n) is 12.8. The Morgan fingerprint density at radius 3 is 2.31 bits per heavy atom. The minimum absolute atomic E-state index is 0.0560. The van der Waals surface area contributed by atoms with Gasteiger partial charge in [0.1, 0.15) is 23.0 Å². The van der Waals surface area contributed by atoms with Gasteiger partial charge in [0, 0.05) is 17.5 Å². The maximum atomic E-state index is 6.52. The van der Waals surface area contributed by atoms with E-state index in [0.717, 1.165) is 64.8 Å². The summed E-state index contributed by atoms with van der Waals surface area (Å²) in [4.78, 5) is 0. The molecule has 188 valence electrons. The van der Waals surface area contributed by atoms with Gasteiger partial charge in [0.05, 0.1) is 32.6 Å². The smallest absolute Gasteiger partial charge is 0.213 e. The van der Waals surface area contributed by atoms with Gasteiger partial charge in [0.25, 0.3) is 0 Å². The second-order valence-electron chi connectivity index (χ2n) is 9.23. The molecule has 0 saturated carbocycles. The number of methoxy groups -OCH3 is 2. The Bertz CT molecular complexity index is 1190. The van der Waals surface area contributed by atoms with Crippen LogP contribution in [-0.4, -0.2) is 31.5 Å². The number of fused-ring (bicyclic) bond motifs is 3. The summed E-state index contributed by atoms with van der Waals surface area (Å²) >= 11 is 0. The number of ether oxygens (including phenoxy) is 4. The van der Waals surface area contributed by atoms with Crippen molar-refractivity contribution in [2.75, 3.05) is 20.8 Å². The molecule has 0 bridgehead atoms. The summed E-state index contributed by atoms with van der Waals surface area (Å²) in [5.41, 5.74) is 4.24. The molecule has 2 aliphatic heterocycles. The van der Waals surface area contributed by atoms with Crippen molar-refractivity contribution in [3.63, 3.8) is 0 Å². The Balaban J connectivity index is 1.40. The van der Waals surface area contributed by atoms with Crippen molar-refractivity contribution in [1.82, 2.24) is 5.01 Å². The minimum atomic E-state index is -0.328. The van der Waals surface area contributed by atoms with E-state index in [0.29, 0.717) is 0 Å². The summed E-state index contributed by atoms with van der Waals surface area (Å²) < 4.78 is 23.3. The second kappa shape index (κ2) is 10.9. The van der Waals surface area contributed by atoms with Gasteiger partial charge in [-0.05, 0) is 78.7 Å². The third kappa shape index (κ3) is 4.99. The van der Waals surface area contributed by atoms with Crippen molar-refractivity contribution in [3.05, 3.63) is 83.4 Å². The lowest BCUT2D eigenvalue weighted by atomic mass is 9.95. The molecule has 0 amide bonds. The predicted octanol–water partition coefficient (Wildman–Crippen LogP) is 6.91. The summed E-state index contributed by atoms with van der Waals surface area (Å²) in [6, 6.07) is 22.3. The molecule has 2 aliphatic rings. The molecule has 0 radical (unpaired) electrons. The molecule has 3 aromatic carbocycles. The molecule has 2 unspecified atom stereocenters. The van der Waals surface area contributed by atoms with E-state index in [1.807, 2.05) is 36.4 Å². The first-order chi connectivity index (χ1) is 17.7. The molecule has 2 heterocycles. The Labute approximate surface area is 213 Å². The normalized spacial score (nSPS) is 18.1. The minimum Gasteiger partial charge on any atom is -0.497 e. The van der Waals surface area contributed by atoms with Gasteiger partial charge in [0.15, 0.2) is 0 Å². The van der Waals surface area contributed by atoms with Crippen molar-refractivity contribution in [1.29, 1.82) is 0 Å². The Kier molecular flexibility index (Phi) is 7.31. The third-order valence-electron chi connectivity index (χ3n) is 6.85. The molecule has 3 aromatic rings. The first kappa shape index (κ1) is 24.0. The topological polar surface area (TPSA) is 52.5 Å². The SMILES string of the molecule is CCCCCCOc1ccc(C2Oc3ccc(OC)cc3C3CC(c4ccc(OC)cc4)=NN32)cc1. The highest BCUT2D eigenvalue weighted by Gasteiger charge is 2.41. The summed E-state index contributed by atoms with van der Waals surface area (Å²) in [5.74, 6) is 3.40. The summed E-state index contributed by atoms with van der Waals surface area (Å²) in [6.07, 6.45) is 5.23. The van der Waals surface area contributed by atoms with Crippen LogP contribution in [-0.2, 0) is 0 Å². The van der Waals surface area contributed by atoms with Crippen LogP contribution in [0.1, 0.15) is 68.0 Å². The van der Waals surface area contributed by atoms with Gasteiger partial charge in [-0.3, -0.25) is 0 Å². The summed E-state index contributed by atoms with van der Waals surface area (Å²) in [6.45, 7) is 2.97. The van der Waals surface area contributed by atoms with E-state index in [2.05, 4.69) is 42.3 Å². The lowest BCUT2D eigenvalue weighted by molar-refractivity contribution is -0.0191. The molecule has 5 rings (SSSR count). The van der Waals surface area contributed by atoms with E-state index >= 15 is 0 Å². The summed E-state index contributed by atoms with van der Waals surface area (Å²) in [7, 11) is 3.37. The van der Waals surface area contributed by atoms with Crippen molar-refractivity contribution in [3.8, 4) is 23.0 Å². The highest BCUT2D eigenvalue weighted by molar-refractivity contribution is 6.02. The molecular weight excluding hydrogens is 452 g/mol. The molecule has 2 atom stereocenters. The molecule has 6 heteroatoms. The van der Waals surface area contributed by atoms with Crippen molar-refractivity contribution in [2.24, 2.45) is 5.10 Å². The van der Waals surface area contributed by atoms with Gasteiger partial charge in [-0.15, -0.1) is 0 Å². The highest BCUT2D eigenvalue weighted by Crippen LogP contribution is 2.48. The van der Waals surface area contributed by atoms with E-state index < -0.39 is 0 Å². The number of hydrogen-bond donors (Lipinski definition) is 0.